The van der Waals surface area contributed by atoms with E-state index in [1.54, 1.807) is 19.1 Å². The molecule has 0 aromatic heterocycles. The topological polar surface area (TPSA) is 63.7 Å². The molecule has 0 bridgehead atoms. The summed E-state index contributed by atoms with van der Waals surface area (Å²) in [5.74, 6) is 0.00956. The highest BCUT2D eigenvalue weighted by Gasteiger charge is 2.26. The maximum Gasteiger partial charge on any atom is 0.243 e. The molecule has 0 radical (unpaired) electrons. The second-order valence-corrected chi connectivity index (χ2v) is 6.26. The van der Waals surface area contributed by atoms with E-state index in [2.05, 4.69) is 0 Å². The van der Waals surface area contributed by atoms with Crippen LogP contribution in [0.15, 0.2) is 29.2 Å². The summed E-state index contributed by atoms with van der Waals surface area (Å²) in [7, 11) is -3.47. The number of ketones is 1. The average molecular weight is 283 g/mol. The fourth-order valence-corrected chi connectivity index (χ4v) is 3.36. The largest absolute Gasteiger partial charge is 0.379 e. The molecule has 1 aromatic rings. The number of sulfonamides is 1. The van der Waals surface area contributed by atoms with Gasteiger partial charge in [-0.2, -0.15) is 4.31 Å². The van der Waals surface area contributed by atoms with Gasteiger partial charge < -0.3 is 4.74 Å². The fraction of sp³-hybridized carbons (Fsp3) is 0.462. The third-order valence-corrected chi connectivity index (χ3v) is 5.02. The minimum Gasteiger partial charge on any atom is -0.379 e. The van der Waals surface area contributed by atoms with Crippen molar-refractivity contribution in [1.29, 1.82) is 0 Å². The summed E-state index contributed by atoms with van der Waals surface area (Å²) < 4.78 is 31.2. The van der Waals surface area contributed by atoms with E-state index in [0.717, 1.165) is 0 Å². The summed E-state index contributed by atoms with van der Waals surface area (Å²) in [5, 5.41) is 0. The Morgan fingerprint density at radius 2 is 1.79 bits per heavy atom. The van der Waals surface area contributed by atoms with Gasteiger partial charge in [0.05, 0.1) is 18.1 Å². The number of rotatable bonds is 4. The molecule has 19 heavy (non-hydrogen) atoms. The SMILES string of the molecule is CCC(=O)c1ccc(S(=O)(=O)N2CCOCC2)cc1. The van der Waals surface area contributed by atoms with E-state index in [-0.39, 0.29) is 10.7 Å². The highest BCUT2D eigenvalue weighted by atomic mass is 32.2. The second kappa shape index (κ2) is 5.81. The molecule has 0 spiro atoms. The Bertz CT molecular complexity index is 545. The molecule has 0 amide bonds. The Kier molecular flexibility index (Phi) is 4.34. The van der Waals surface area contributed by atoms with Crippen molar-refractivity contribution in [3.8, 4) is 0 Å². The van der Waals surface area contributed by atoms with Gasteiger partial charge in [-0.3, -0.25) is 4.79 Å². The third kappa shape index (κ3) is 3.02. The number of morpholine rings is 1. The van der Waals surface area contributed by atoms with Gasteiger partial charge >= 0.3 is 0 Å². The van der Waals surface area contributed by atoms with Crippen molar-refractivity contribution in [1.82, 2.24) is 4.31 Å². The minimum absolute atomic E-state index is 0.00956. The number of carbonyl (C=O) groups excluding carboxylic acids is 1. The van der Waals surface area contributed by atoms with Crippen LogP contribution in [-0.4, -0.2) is 44.8 Å². The number of hydrogen-bond acceptors (Lipinski definition) is 4. The third-order valence-electron chi connectivity index (χ3n) is 3.11. The van der Waals surface area contributed by atoms with Crippen LogP contribution in [0, 0.1) is 0 Å². The van der Waals surface area contributed by atoms with Crippen LogP contribution in [-0.2, 0) is 14.8 Å². The normalized spacial score (nSPS) is 17.3. The quantitative estimate of drug-likeness (QED) is 0.781. The number of hydrogen-bond donors (Lipinski definition) is 0. The molecule has 0 atom stereocenters. The summed E-state index contributed by atoms with van der Waals surface area (Å²) in [5.41, 5.74) is 0.545. The molecule has 1 heterocycles. The molecular formula is C13H17NO4S. The first-order valence-electron chi connectivity index (χ1n) is 6.27. The predicted molar refractivity (Wildman–Crippen MR) is 70.6 cm³/mol. The predicted octanol–water partition coefficient (Wildman–Crippen LogP) is 1.30. The molecule has 6 heteroatoms. The Morgan fingerprint density at radius 3 is 2.32 bits per heavy atom. The Labute approximate surface area is 113 Å². The van der Waals surface area contributed by atoms with Crippen LogP contribution in [0.25, 0.3) is 0 Å². The minimum atomic E-state index is -3.47. The first-order valence-corrected chi connectivity index (χ1v) is 7.71. The highest BCUT2D eigenvalue weighted by Crippen LogP contribution is 2.18. The van der Waals surface area contributed by atoms with Crippen LogP contribution in [0.1, 0.15) is 23.7 Å². The zero-order valence-electron chi connectivity index (χ0n) is 10.8. The maximum absolute atomic E-state index is 12.3. The van der Waals surface area contributed by atoms with Crippen LogP contribution < -0.4 is 0 Å². The molecule has 0 saturated carbocycles. The van der Waals surface area contributed by atoms with Crippen molar-refractivity contribution in [3.63, 3.8) is 0 Å². The van der Waals surface area contributed by atoms with Crippen molar-refractivity contribution in [2.45, 2.75) is 18.2 Å². The molecule has 0 N–H and O–H groups in total. The number of ether oxygens (including phenoxy) is 1. The molecule has 1 saturated heterocycles. The molecule has 104 valence electrons. The van der Waals surface area contributed by atoms with E-state index in [1.165, 1.54) is 16.4 Å². The van der Waals surface area contributed by atoms with E-state index in [9.17, 15) is 13.2 Å². The van der Waals surface area contributed by atoms with Gasteiger partial charge in [0.25, 0.3) is 0 Å². The van der Waals surface area contributed by atoms with Gasteiger partial charge in [0.15, 0.2) is 5.78 Å². The van der Waals surface area contributed by atoms with Crippen LogP contribution >= 0.6 is 0 Å². The first-order chi connectivity index (χ1) is 9.05. The van der Waals surface area contributed by atoms with Crippen molar-refractivity contribution >= 4 is 15.8 Å². The van der Waals surface area contributed by atoms with Gasteiger partial charge in [-0.1, -0.05) is 19.1 Å². The lowest BCUT2D eigenvalue weighted by atomic mass is 10.1. The maximum atomic E-state index is 12.3. The van der Waals surface area contributed by atoms with E-state index >= 15 is 0 Å². The van der Waals surface area contributed by atoms with E-state index < -0.39 is 10.0 Å². The summed E-state index contributed by atoms with van der Waals surface area (Å²) in [4.78, 5) is 11.7. The second-order valence-electron chi connectivity index (χ2n) is 4.32. The van der Waals surface area contributed by atoms with Gasteiger partial charge in [0, 0.05) is 25.1 Å². The summed E-state index contributed by atoms with van der Waals surface area (Å²) in [6.45, 7) is 3.37. The number of carbonyl (C=O) groups is 1. The number of benzene rings is 1. The Hall–Kier alpha value is -1.24. The van der Waals surface area contributed by atoms with Crippen molar-refractivity contribution in [2.24, 2.45) is 0 Å². The molecular weight excluding hydrogens is 266 g/mol. The molecule has 0 unspecified atom stereocenters. The summed E-state index contributed by atoms with van der Waals surface area (Å²) >= 11 is 0. The van der Waals surface area contributed by atoms with Gasteiger partial charge in [0.1, 0.15) is 0 Å². The Balaban J connectivity index is 2.23. The molecule has 5 nitrogen and oxygen atoms in total. The molecule has 1 aliphatic heterocycles. The molecule has 2 rings (SSSR count). The monoisotopic (exact) mass is 283 g/mol. The standard InChI is InChI=1S/C13H17NO4S/c1-2-13(15)11-3-5-12(6-4-11)19(16,17)14-7-9-18-10-8-14/h3-6H,2,7-10H2,1H3. The average Bonchev–Trinajstić information content (AvgIpc) is 2.47. The van der Waals surface area contributed by atoms with Gasteiger partial charge in [-0.25, -0.2) is 8.42 Å². The summed E-state index contributed by atoms with van der Waals surface area (Å²) in [6, 6.07) is 6.12. The lowest BCUT2D eigenvalue weighted by Gasteiger charge is -2.26. The van der Waals surface area contributed by atoms with E-state index in [1.807, 2.05) is 0 Å². The van der Waals surface area contributed by atoms with Gasteiger partial charge in [0.2, 0.25) is 10.0 Å². The first kappa shape index (κ1) is 14.2. The number of nitrogens with zero attached hydrogens (tertiary/aromatic N) is 1. The van der Waals surface area contributed by atoms with Crippen molar-refractivity contribution in [3.05, 3.63) is 29.8 Å². The Morgan fingerprint density at radius 1 is 1.21 bits per heavy atom. The van der Waals surface area contributed by atoms with Crippen LogP contribution in [0.5, 0.6) is 0 Å². The zero-order valence-corrected chi connectivity index (χ0v) is 11.6. The van der Waals surface area contributed by atoms with Crippen LogP contribution in [0.4, 0.5) is 0 Å². The lowest BCUT2D eigenvalue weighted by Crippen LogP contribution is -2.40. The van der Waals surface area contributed by atoms with Crippen LogP contribution in [0.3, 0.4) is 0 Å². The van der Waals surface area contributed by atoms with Crippen molar-refractivity contribution in [2.75, 3.05) is 26.3 Å². The van der Waals surface area contributed by atoms with Gasteiger partial charge in [-0.15, -0.1) is 0 Å². The molecule has 1 fully saturated rings. The van der Waals surface area contributed by atoms with Gasteiger partial charge in [-0.05, 0) is 12.1 Å². The highest BCUT2D eigenvalue weighted by molar-refractivity contribution is 7.89. The van der Waals surface area contributed by atoms with E-state index in [0.29, 0.717) is 38.3 Å². The summed E-state index contributed by atoms with van der Waals surface area (Å²) in [6.07, 6.45) is 0.412. The van der Waals surface area contributed by atoms with Crippen molar-refractivity contribution < 1.29 is 17.9 Å². The number of Topliss-reactive ketones (excluding diaryl/α,β-unsaturated/α-hetero) is 1. The molecule has 1 aliphatic rings. The molecule has 0 aliphatic carbocycles. The zero-order chi connectivity index (χ0) is 13.9. The fourth-order valence-electron chi connectivity index (χ4n) is 1.95. The smallest absolute Gasteiger partial charge is 0.243 e. The van der Waals surface area contributed by atoms with Crippen LogP contribution in [0.2, 0.25) is 0 Å². The van der Waals surface area contributed by atoms with E-state index in [4.69, 9.17) is 4.74 Å². The molecule has 1 aromatic carbocycles. The lowest BCUT2D eigenvalue weighted by molar-refractivity contribution is 0.0730.